The van der Waals surface area contributed by atoms with Crippen LogP contribution in [-0.2, 0) is 32.8 Å². The van der Waals surface area contributed by atoms with Crippen molar-refractivity contribution in [3.05, 3.63) is 133 Å². The molecule has 6 rings (SSSR count). The topological polar surface area (TPSA) is 129 Å². The van der Waals surface area contributed by atoms with E-state index in [1.807, 2.05) is 97.9 Å². The van der Waals surface area contributed by atoms with E-state index in [9.17, 15) is 14.4 Å². The van der Waals surface area contributed by atoms with Gasteiger partial charge in [0.1, 0.15) is 0 Å². The number of amides is 2. The summed E-state index contributed by atoms with van der Waals surface area (Å²) >= 11 is 0. The first-order chi connectivity index (χ1) is 28.5. The van der Waals surface area contributed by atoms with Crippen LogP contribution in [0.3, 0.4) is 0 Å². The maximum absolute atomic E-state index is 15.8. The van der Waals surface area contributed by atoms with Crippen molar-refractivity contribution in [3.63, 3.8) is 0 Å². The van der Waals surface area contributed by atoms with Gasteiger partial charge < -0.3 is 0 Å². The van der Waals surface area contributed by atoms with Gasteiger partial charge in [0, 0.05) is 0 Å². The molecular formula is C47H55N2O9PSi. The minimum absolute atomic E-state index is 0.0513. The van der Waals surface area contributed by atoms with E-state index >= 15 is 9.59 Å². The van der Waals surface area contributed by atoms with E-state index < -0.39 is 57.5 Å². The van der Waals surface area contributed by atoms with Crippen molar-refractivity contribution < 1.29 is 42.4 Å². The van der Waals surface area contributed by atoms with Crippen molar-refractivity contribution in [3.8, 4) is 0 Å². The van der Waals surface area contributed by atoms with Crippen molar-refractivity contribution >= 4 is 66.6 Å². The summed E-state index contributed by atoms with van der Waals surface area (Å²) in [7, 11) is -2.48. The van der Waals surface area contributed by atoms with E-state index in [-0.39, 0.29) is 36.2 Å². The van der Waals surface area contributed by atoms with Crippen LogP contribution >= 0.6 is 6.98 Å². The zero-order chi connectivity index (χ0) is 43.5. The molecule has 0 spiro atoms. The Morgan fingerprint density at radius 3 is 1.82 bits per heavy atom. The Kier molecular flexibility index (Phi) is 12.7. The number of carbonyl (C=O) groups is 5. The SMILES string of the molecule is C=CCC(OC(C)=O)C(=O)OP(c1ccccc1)(c1ccccc1)(c1ccccc1)N1C(=O)[C@H]([C@@H](C)O[Si](C)(C)C(C)(C)C)[C@H]1CC(=O)c1ccc(N2CCOC2=O)cc1. The second-order valence-corrected chi connectivity index (χ2v) is 25.7. The summed E-state index contributed by atoms with van der Waals surface area (Å²) in [6.07, 6.45) is -1.22. The van der Waals surface area contributed by atoms with Gasteiger partial charge in [0.2, 0.25) is 0 Å². The Balaban J connectivity index is 1.62. The molecule has 2 heterocycles. The summed E-state index contributed by atoms with van der Waals surface area (Å²) in [5, 5.41) is 1.39. The van der Waals surface area contributed by atoms with Crippen molar-refractivity contribution in [1.82, 2.24) is 4.67 Å². The molecule has 2 aliphatic heterocycles. The number of anilines is 1. The molecule has 0 N–H and O–H groups in total. The van der Waals surface area contributed by atoms with E-state index in [4.69, 9.17) is 18.4 Å². The van der Waals surface area contributed by atoms with E-state index in [2.05, 4.69) is 40.4 Å². The number of ether oxygens (including phenoxy) is 2. The number of ketones is 1. The van der Waals surface area contributed by atoms with Crippen molar-refractivity contribution in [2.75, 3.05) is 18.1 Å². The zero-order valence-electron chi connectivity index (χ0n) is 35.4. The van der Waals surface area contributed by atoms with Gasteiger partial charge in [0.15, 0.2) is 0 Å². The molecule has 4 aromatic carbocycles. The molecule has 2 fully saturated rings. The molecule has 0 aromatic heterocycles. The molecule has 11 nitrogen and oxygen atoms in total. The second kappa shape index (κ2) is 17.3. The second-order valence-electron chi connectivity index (χ2n) is 16.8. The van der Waals surface area contributed by atoms with Crippen LogP contribution in [0, 0.1) is 5.92 Å². The number of hydrogen-bond donors (Lipinski definition) is 0. The zero-order valence-corrected chi connectivity index (χ0v) is 37.3. The van der Waals surface area contributed by atoms with Gasteiger partial charge in [-0.1, -0.05) is 0 Å². The molecule has 0 saturated carbocycles. The predicted octanol–water partition coefficient (Wildman–Crippen LogP) is 7.86. The molecule has 0 aliphatic carbocycles. The van der Waals surface area contributed by atoms with Crippen LogP contribution in [0.2, 0.25) is 18.1 Å². The van der Waals surface area contributed by atoms with Crippen LogP contribution in [0.5, 0.6) is 0 Å². The van der Waals surface area contributed by atoms with Gasteiger partial charge in [-0.3, -0.25) is 0 Å². The van der Waals surface area contributed by atoms with Crippen molar-refractivity contribution in [2.45, 2.75) is 83.8 Å². The molecule has 13 heteroatoms. The standard InChI is InChI=1S/C47H55N2O9PSi/c1-9-19-42(56-34(3)50)45(53)57-59(37-20-13-10-14-21-37,38-22-15-11-16-23-38,39-24-17-12-18-25-39)49-40(43(44(49)52)33(2)58-60(7,8)47(4,5)6)32-41(51)35-26-28-36(29-27-35)48-30-31-55-46(48)54/h9-18,20-29,33,40,42-43H,1,19,30-32H2,2-8H3/t33-,40-,42?,43-/m1/s1. The fourth-order valence-corrected chi connectivity index (χ4v) is 15.6. The molecule has 316 valence electrons. The molecule has 2 saturated heterocycles. The van der Waals surface area contributed by atoms with Crippen LogP contribution in [0.25, 0.3) is 0 Å². The number of nitrogens with zero attached hydrogens (tertiary/aromatic N) is 2. The first-order valence-electron chi connectivity index (χ1n) is 20.3. The number of rotatable bonds is 16. The average molecular weight is 851 g/mol. The Bertz CT molecular complexity index is 2130. The predicted molar refractivity (Wildman–Crippen MR) is 238 cm³/mol. The molecule has 0 radical (unpaired) electrons. The van der Waals surface area contributed by atoms with Crippen LogP contribution in [0.15, 0.2) is 128 Å². The van der Waals surface area contributed by atoms with E-state index in [1.54, 1.807) is 28.9 Å². The maximum atomic E-state index is 15.8. The fourth-order valence-electron chi connectivity index (χ4n) is 8.14. The van der Waals surface area contributed by atoms with E-state index in [0.29, 0.717) is 33.7 Å². The molecule has 1 unspecified atom stereocenters. The first kappa shape index (κ1) is 44.1. The Hall–Kier alpha value is -5.42. The summed E-state index contributed by atoms with van der Waals surface area (Å²) in [5.74, 6) is -3.00. The van der Waals surface area contributed by atoms with Gasteiger partial charge >= 0.3 is 355 Å². The van der Waals surface area contributed by atoms with Crippen LogP contribution in [-0.4, -0.2) is 74.1 Å². The summed E-state index contributed by atoms with van der Waals surface area (Å²) in [6, 6.07) is 33.4. The van der Waals surface area contributed by atoms with Gasteiger partial charge in [0.25, 0.3) is 0 Å². The van der Waals surface area contributed by atoms with E-state index in [0.717, 1.165) is 0 Å². The van der Waals surface area contributed by atoms with Crippen molar-refractivity contribution in [2.24, 2.45) is 5.92 Å². The Labute approximate surface area is 353 Å². The average Bonchev–Trinajstić information content (AvgIpc) is 3.66. The van der Waals surface area contributed by atoms with Gasteiger partial charge in [-0.15, -0.1) is 0 Å². The summed E-state index contributed by atoms with van der Waals surface area (Å²) in [4.78, 5) is 71.8. The summed E-state index contributed by atoms with van der Waals surface area (Å²) in [5.41, 5.74) is 0.972. The molecule has 0 bridgehead atoms. The van der Waals surface area contributed by atoms with Gasteiger partial charge in [0.05, 0.1) is 0 Å². The minimum atomic E-state index is -5.11. The number of hydrogen-bond acceptors (Lipinski definition) is 9. The monoisotopic (exact) mass is 850 g/mol. The number of carbonyl (C=O) groups excluding carboxylic acids is 5. The third kappa shape index (κ3) is 7.84. The van der Waals surface area contributed by atoms with E-state index in [1.165, 1.54) is 17.9 Å². The van der Waals surface area contributed by atoms with Gasteiger partial charge in [-0.05, 0) is 0 Å². The van der Waals surface area contributed by atoms with Gasteiger partial charge in [-0.2, -0.15) is 0 Å². The van der Waals surface area contributed by atoms with Gasteiger partial charge in [-0.25, -0.2) is 0 Å². The number of benzene rings is 4. The third-order valence-corrected chi connectivity index (χ3v) is 22.2. The molecule has 2 amide bonds. The number of esters is 1. The first-order valence-corrected chi connectivity index (χ1v) is 25.3. The fraction of sp³-hybridized carbons (Fsp3) is 0.340. The number of Topliss-reactive ketones (excluding diaryl/α,β-unsaturated/α-hetero) is 1. The normalized spacial score (nSPS) is 18.6. The quantitative estimate of drug-likeness (QED) is 0.0276. The molecule has 4 atom stereocenters. The van der Waals surface area contributed by atoms with Crippen LogP contribution in [0.4, 0.5) is 10.5 Å². The van der Waals surface area contributed by atoms with Crippen LogP contribution < -0.4 is 20.8 Å². The number of β-lactam (4-membered cyclic amide) rings is 1. The van der Waals surface area contributed by atoms with Crippen LogP contribution in [0.1, 0.15) is 57.8 Å². The molecule has 60 heavy (non-hydrogen) atoms. The molecule has 4 aromatic rings. The number of cyclic esters (lactones) is 1. The Morgan fingerprint density at radius 2 is 1.38 bits per heavy atom. The third-order valence-electron chi connectivity index (χ3n) is 12.0. The molecular weight excluding hydrogens is 796 g/mol. The van der Waals surface area contributed by atoms with Crippen molar-refractivity contribution in [1.29, 1.82) is 0 Å². The summed E-state index contributed by atoms with van der Waals surface area (Å²) < 4.78 is 26.6. The summed E-state index contributed by atoms with van der Waals surface area (Å²) in [6.45, 7) is 13.1. The molecule has 2 aliphatic rings. The Morgan fingerprint density at radius 1 is 0.867 bits per heavy atom.